The molecule has 233 valence electrons. The summed E-state index contributed by atoms with van der Waals surface area (Å²) in [7, 11) is -1.55. The van der Waals surface area contributed by atoms with E-state index in [9.17, 15) is 0 Å². The Kier molecular flexibility index (Phi) is 10.5. The molecule has 0 bridgehead atoms. The van der Waals surface area contributed by atoms with Crippen molar-refractivity contribution in [3.8, 4) is 22.5 Å². The van der Waals surface area contributed by atoms with Crippen molar-refractivity contribution >= 4 is 35.2 Å². The smallest absolute Gasteiger partial charge is 0.120 e. The van der Waals surface area contributed by atoms with Crippen LogP contribution in [-0.4, -0.2) is 18.0 Å². The van der Waals surface area contributed by atoms with Crippen molar-refractivity contribution in [2.45, 2.75) is 77.4 Å². The van der Waals surface area contributed by atoms with E-state index in [1.54, 1.807) is 0 Å². The summed E-state index contributed by atoms with van der Waals surface area (Å²) in [4.78, 5) is 9.30. The van der Waals surface area contributed by atoms with E-state index in [1.165, 1.54) is 59.2 Å². The minimum Gasteiger partial charge on any atom is -0.501 e. The first-order chi connectivity index (χ1) is 21.3. The summed E-state index contributed by atoms with van der Waals surface area (Å²) in [6.45, 7) is 11.5. The molecule has 1 aliphatic carbocycles. The van der Waals surface area contributed by atoms with Crippen molar-refractivity contribution in [1.29, 1.82) is 0 Å². The van der Waals surface area contributed by atoms with E-state index in [-0.39, 0.29) is 20.1 Å². The van der Waals surface area contributed by atoms with Gasteiger partial charge < -0.3 is 14.4 Å². The molecule has 1 radical (unpaired) electrons. The van der Waals surface area contributed by atoms with E-state index in [1.807, 2.05) is 36.5 Å². The second-order valence-electron chi connectivity index (χ2n) is 13.3. The molecular formula is C40H42IrN2OSi-2. The summed E-state index contributed by atoms with van der Waals surface area (Å²) in [5.74, 6) is 1.21. The number of nitrogens with zero attached hydrogens (tertiary/aromatic N) is 2. The minimum absolute atomic E-state index is 0. The van der Waals surface area contributed by atoms with Gasteiger partial charge in [-0.3, -0.25) is 0 Å². The average molecular weight is 787 g/mol. The predicted molar refractivity (Wildman–Crippen MR) is 187 cm³/mol. The molecular weight excluding hydrogens is 745 g/mol. The number of benzene rings is 3. The number of hydrogen-bond acceptors (Lipinski definition) is 3. The van der Waals surface area contributed by atoms with Gasteiger partial charge in [-0.15, -0.1) is 53.2 Å². The normalized spacial score (nSPS) is 13.8. The summed E-state index contributed by atoms with van der Waals surface area (Å²) < 4.78 is 6.37. The molecule has 1 fully saturated rings. The zero-order valence-corrected chi connectivity index (χ0v) is 30.4. The maximum Gasteiger partial charge on any atom is 0.120 e. The topological polar surface area (TPSA) is 38.9 Å². The molecule has 1 aliphatic rings. The van der Waals surface area contributed by atoms with Crippen molar-refractivity contribution in [2.24, 2.45) is 0 Å². The molecule has 0 amide bonds. The largest absolute Gasteiger partial charge is 0.501 e. The van der Waals surface area contributed by atoms with E-state index >= 15 is 0 Å². The van der Waals surface area contributed by atoms with Crippen molar-refractivity contribution < 1.29 is 24.5 Å². The van der Waals surface area contributed by atoms with Gasteiger partial charge in [0.2, 0.25) is 0 Å². The molecule has 0 atom stereocenters. The number of fused-ring (bicyclic) bond motifs is 3. The molecule has 7 rings (SSSR count). The molecule has 5 heteroatoms. The minimum atomic E-state index is -1.55. The molecule has 3 aromatic heterocycles. The molecule has 3 nitrogen and oxygen atoms in total. The Morgan fingerprint density at radius 3 is 2.18 bits per heavy atom. The van der Waals surface area contributed by atoms with Crippen LogP contribution in [0.4, 0.5) is 0 Å². The first kappa shape index (κ1) is 33.0. The van der Waals surface area contributed by atoms with E-state index in [4.69, 9.17) is 9.40 Å². The summed E-state index contributed by atoms with van der Waals surface area (Å²) in [5.41, 5.74) is 8.50. The zero-order valence-electron chi connectivity index (χ0n) is 27.0. The van der Waals surface area contributed by atoms with Crippen LogP contribution in [0, 0.1) is 12.1 Å². The first-order valence-corrected chi connectivity index (χ1v) is 19.6. The Balaban J connectivity index is 0.000000212. The number of furan rings is 1. The van der Waals surface area contributed by atoms with Crippen molar-refractivity contribution in [1.82, 2.24) is 9.97 Å². The van der Waals surface area contributed by atoms with Gasteiger partial charge in [-0.05, 0) is 53.3 Å². The van der Waals surface area contributed by atoms with Crippen LogP contribution in [0.3, 0.4) is 0 Å². The van der Waals surface area contributed by atoms with Gasteiger partial charge in [0, 0.05) is 46.0 Å². The molecule has 0 unspecified atom stereocenters. The first-order valence-electron chi connectivity index (χ1n) is 16.1. The van der Waals surface area contributed by atoms with Gasteiger partial charge in [-0.1, -0.05) is 106 Å². The Morgan fingerprint density at radius 1 is 0.800 bits per heavy atom. The van der Waals surface area contributed by atoms with Gasteiger partial charge in [-0.25, -0.2) is 0 Å². The fourth-order valence-electron chi connectivity index (χ4n) is 6.24. The van der Waals surface area contributed by atoms with Crippen LogP contribution in [0.2, 0.25) is 19.6 Å². The second kappa shape index (κ2) is 14.4. The van der Waals surface area contributed by atoms with Crippen LogP contribution >= 0.6 is 0 Å². The summed E-state index contributed by atoms with van der Waals surface area (Å²) in [5, 5.41) is 3.86. The van der Waals surface area contributed by atoms with Gasteiger partial charge in [0.15, 0.2) is 0 Å². The molecule has 6 aromatic rings. The Hall–Kier alpha value is -3.37. The van der Waals surface area contributed by atoms with Gasteiger partial charge >= 0.3 is 0 Å². The van der Waals surface area contributed by atoms with Gasteiger partial charge in [0.25, 0.3) is 0 Å². The number of rotatable bonds is 5. The summed E-state index contributed by atoms with van der Waals surface area (Å²) in [6, 6.07) is 33.8. The Bertz CT molecular complexity index is 1830. The van der Waals surface area contributed by atoms with Crippen LogP contribution in [0.1, 0.15) is 68.9 Å². The molecule has 3 heterocycles. The Labute approximate surface area is 282 Å². The van der Waals surface area contributed by atoms with Crippen molar-refractivity contribution in [3.05, 3.63) is 115 Å². The van der Waals surface area contributed by atoms with Crippen LogP contribution in [0.25, 0.3) is 44.5 Å². The quantitative estimate of drug-likeness (QED) is 0.129. The summed E-state index contributed by atoms with van der Waals surface area (Å²) >= 11 is 0. The predicted octanol–water partition coefficient (Wildman–Crippen LogP) is 10.7. The van der Waals surface area contributed by atoms with E-state index in [0.29, 0.717) is 11.8 Å². The SMILES string of the molecule is CC(C)c1ccc(-c2[c-]cccc2)nc1.C[Si](C)(C)c1c[c-]c(-c2ccc(C3CCCCC3)cn2)c2oc3ccccc3c12.[Ir]. The number of para-hydroxylation sites is 1. The molecule has 0 saturated heterocycles. The third-order valence-electron chi connectivity index (χ3n) is 8.82. The van der Waals surface area contributed by atoms with Gasteiger partial charge in [-0.2, -0.15) is 0 Å². The van der Waals surface area contributed by atoms with Crippen LogP contribution < -0.4 is 5.19 Å². The third-order valence-corrected chi connectivity index (χ3v) is 10.8. The molecule has 3 aromatic carbocycles. The Morgan fingerprint density at radius 2 is 1.53 bits per heavy atom. The van der Waals surface area contributed by atoms with Crippen molar-refractivity contribution in [2.75, 3.05) is 0 Å². The van der Waals surface area contributed by atoms with Crippen LogP contribution in [-0.2, 0) is 20.1 Å². The van der Waals surface area contributed by atoms with Crippen LogP contribution in [0.15, 0.2) is 95.7 Å². The maximum absolute atomic E-state index is 6.37. The zero-order chi connectivity index (χ0) is 30.7. The monoisotopic (exact) mass is 787 g/mol. The fraction of sp³-hybridized carbons (Fsp3) is 0.300. The maximum atomic E-state index is 6.37. The average Bonchev–Trinajstić information content (AvgIpc) is 3.45. The molecule has 0 spiro atoms. The fourth-order valence-corrected chi connectivity index (χ4v) is 7.75. The van der Waals surface area contributed by atoms with E-state index < -0.39 is 8.07 Å². The molecule has 1 saturated carbocycles. The van der Waals surface area contributed by atoms with E-state index in [0.717, 1.165) is 33.7 Å². The van der Waals surface area contributed by atoms with Crippen LogP contribution in [0.5, 0.6) is 0 Å². The summed E-state index contributed by atoms with van der Waals surface area (Å²) in [6.07, 6.45) is 10.7. The second-order valence-corrected chi connectivity index (χ2v) is 18.4. The third kappa shape index (κ3) is 7.38. The standard InChI is InChI=1S/C26H28NOSi.C14H14N.Ir/c1-29(2,3)24-16-14-20(26-25(24)21-11-7-8-12-23(21)28-26)22-15-13-19(17-27-22)18-9-5-4-6-10-18;1-11(2)13-8-9-14(15-10-13)12-6-4-3-5-7-12;/h7-8,11-13,15-18H,4-6,9-10H2,1-3H3;3-6,8-11H,1-2H3;/q2*-1;. The van der Waals surface area contributed by atoms with E-state index in [2.05, 4.69) is 105 Å². The number of aromatic nitrogens is 2. The van der Waals surface area contributed by atoms with Gasteiger partial charge in [0.1, 0.15) is 5.58 Å². The molecule has 0 N–H and O–H groups in total. The number of hydrogen-bond donors (Lipinski definition) is 0. The number of pyridine rings is 2. The van der Waals surface area contributed by atoms with Gasteiger partial charge in [0.05, 0.1) is 5.58 Å². The van der Waals surface area contributed by atoms with Crippen molar-refractivity contribution in [3.63, 3.8) is 0 Å². The molecule has 45 heavy (non-hydrogen) atoms. The molecule has 0 aliphatic heterocycles.